The Morgan fingerprint density at radius 2 is 2.10 bits per heavy atom. The summed E-state index contributed by atoms with van der Waals surface area (Å²) in [4.78, 5) is 11.7. The van der Waals surface area contributed by atoms with Crippen molar-refractivity contribution in [3.63, 3.8) is 0 Å². The first kappa shape index (κ1) is 15.7. The number of esters is 1. The summed E-state index contributed by atoms with van der Waals surface area (Å²) in [7, 11) is 0. The van der Waals surface area contributed by atoms with E-state index < -0.39 is 43.1 Å². The fraction of sp³-hybridized carbons (Fsp3) is 0.923. The standard InChI is InChI=1S/C13H22O7/c1-4-5-8(16)17-10-9(7(15)6-14)18-12-11(10)19-13(2,3)20-12/h7,9-12,14-15H,4-6H2,1-3H3/t7-,9-,10+,11+,12+/m1/s1. The predicted molar refractivity (Wildman–Crippen MR) is 66.6 cm³/mol. The predicted octanol–water partition coefficient (Wildman–Crippen LogP) is -0.0721. The van der Waals surface area contributed by atoms with Crippen molar-refractivity contribution in [3.05, 3.63) is 0 Å². The van der Waals surface area contributed by atoms with Crippen LogP contribution >= 0.6 is 0 Å². The summed E-state index contributed by atoms with van der Waals surface area (Å²) in [6, 6.07) is 0. The summed E-state index contributed by atoms with van der Waals surface area (Å²) in [5, 5.41) is 18.8. The molecule has 2 saturated heterocycles. The van der Waals surface area contributed by atoms with Crippen LogP contribution in [0.2, 0.25) is 0 Å². The lowest BCUT2D eigenvalue weighted by atomic mass is 10.1. The largest absolute Gasteiger partial charge is 0.456 e. The van der Waals surface area contributed by atoms with E-state index >= 15 is 0 Å². The number of ether oxygens (including phenoxy) is 4. The Labute approximate surface area is 117 Å². The Balaban J connectivity index is 2.10. The van der Waals surface area contributed by atoms with Gasteiger partial charge in [0.25, 0.3) is 0 Å². The van der Waals surface area contributed by atoms with Gasteiger partial charge in [0.2, 0.25) is 0 Å². The van der Waals surface area contributed by atoms with Crippen LogP contribution in [0.1, 0.15) is 33.6 Å². The highest BCUT2D eigenvalue weighted by atomic mass is 16.8. The van der Waals surface area contributed by atoms with E-state index in [1.54, 1.807) is 13.8 Å². The van der Waals surface area contributed by atoms with Crippen LogP contribution in [-0.4, -0.2) is 59.3 Å². The third-order valence-electron chi connectivity index (χ3n) is 3.31. The Morgan fingerprint density at radius 3 is 2.70 bits per heavy atom. The van der Waals surface area contributed by atoms with Crippen LogP contribution in [0.5, 0.6) is 0 Å². The van der Waals surface area contributed by atoms with Gasteiger partial charge < -0.3 is 29.2 Å². The summed E-state index contributed by atoms with van der Waals surface area (Å²) < 4.78 is 22.1. The Kier molecular flexibility index (Phi) is 4.66. The zero-order chi connectivity index (χ0) is 14.9. The van der Waals surface area contributed by atoms with Gasteiger partial charge in [-0.1, -0.05) is 6.92 Å². The topological polar surface area (TPSA) is 94.5 Å². The highest BCUT2D eigenvalue weighted by molar-refractivity contribution is 5.69. The monoisotopic (exact) mass is 290 g/mol. The lowest BCUT2D eigenvalue weighted by Gasteiger charge is -2.27. The second kappa shape index (κ2) is 5.95. The fourth-order valence-corrected chi connectivity index (χ4v) is 2.47. The first-order valence-electron chi connectivity index (χ1n) is 6.87. The van der Waals surface area contributed by atoms with Crippen molar-refractivity contribution < 1.29 is 34.0 Å². The zero-order valence-electron chi connectivity index (χ0n) is 11.9. The van der Waals surface area contributed by atoms with E-state index in [0.29, 0.717) is 6.42 Å². The van der Waals surface area contributed by atoms with Gasteiger partial charge in [0.05, 0.1) is 6.61 Å². The van der Waals surface area contributed by atoms with E-state index in [1.807, 2.05) is 6.92 Å². The molecule has 0 aromatic heterocycles. The van der Waals surface area contributed by atoms with Crippen molar-refractivity contribution >= 4 is 5.97 Å². The first-order valence-corrected chi connectivity index (χ1v) is 6.87. The molecule has 2 heterocycles. The molecular formula is C13H22O7. The SMILES string of the molecule is CCCC(=O)O[C@@H]1[C@@H]2OC(C)(C)O[C@@H]2O[C@@H]1[C@H](O)CO. The molecule has 0 aromatic rings. The Morgan fingerprint density at radius 1 is 1.40 bits per heavy atom. The molecule has 0 radical (unpaired) electrons. The molecule has 0 spiro atoms. The molecule has 7 heteroatoms. The molecule has 2 aliphatic heterocycles. The lowest BCUT2D eigenvalue weighted by molar-refractivity contribution is -0.231. The van der Waals surface area contributed by atoms with E-state index in [0.717, 1.165) is 0 Å². The summed E-state index contributed by atoms with van der Waals surface area (Å²) in [6.07, 6.45) is -3.17. The molecule has 2 aliphatic rings. The zero-order valence-corrected chi connectivity index (χ0v) is 11.9. The van der Waals surface area contributed by atoms with Crippen molar-refractivity contribution in [1.82, 2.24) is 0 Å². The molecule has 7 nitrogen and oxygen atoms in total. The maximum Gasteiger partial charge on any atom is 0.306 e. The average molecular weight is 290 g/mol. The van der Waals surface area contributed by atoms with Crippen molar-refractivity contribution in [1.29, 1.82) is 0 Å². The van der Waals surface area contributed by atoms with E-state index in [1.165, 1.54) is 0 Å². The fourth-order valence-electron chi connectivity index (χ4n) is 2.47. The molecule has 116 valence electrons. The highest BCUT2D eigenvalue weighted by Gasteiger charge is 2.58. The second-order valence-corrected chi connectivity index (χ2v) is 5.52. The molecular weight excluding hydrogens is 268 g/mol. The summed E-state index contributed by atoms with van der Waals surface area (Å²) in [5.74, 6) is -1.22. The number of carbonyl (C=O) groups excluding carboxylic acids is 1. The van der Waals surface area contributed by atoms with Crippen LogP contribution < -0.4 is 0 Å². The molecule has 0 amide bonds. The number of hydrogen-bond donors (Lipinski definition) is 2. The van der Waals surface area contributed by atoms with Gasteiger partial charge in [-0.25, -0.2) is 0 Å². The van der Waals surface area contributed by atoms with Crippen LogP contribution in [0, 0.1) is 0 Å². The van der Waals surface area contributed by atoms with Crippen molar-refractivity contribution in [2.45, 2.75) is 70.1 Å². The van der Waals surface area contributed by atoms with Crippen molar-refractivity contribution in [2.24, 2.45) is 0 Å². The summed E-state index contributed by atoms with van der Waals surface area (Å²) >= 11 is 0. The molecule has 0 saturated carbocycles. The normalized spacial score (nSPS) is 36.6. The molecule has 2 rings (SSSR count). The van der Waals surface area contributed by atoms with Gasteiger partial charge in [-0.05, 0) is 20.3 Å². The van der Waals surface area contributed by atoms with Gasteiger partial charge in [-0.2, -0.15) is 0 Å². The minimum Gasteiger partial charge on any atom is -0.456 e. The van der Waals surface area contributed by atoms with Crippen molar-refractivity contribution in [2.75, 3.05) is 6.61 Å². The molecule has 2 fully saturated rings. The molecule has 0 unspecified atom stereocenters. The van der Waals surface area contributed by atoms with Gasteiger partial charge in [0.15, 0.2) is 24.3 Å². The number of aliphatic hydroxyl groups excluding tert-OH is 2. The first-order chi connectivity index (χ1) is 9.38. The van der Waals surface area contributed by atoms with E-state index in [9.17, 15) is 9.90 Å². The average Bonchev–Trinajstić information content (AvgIpc) is 2.82. The Hall–Kier alpha value is -0.730. The lowest BCUT2D eigenvalue weighted by Crippen LogP contribution is -2.45. The summed E-state index contributed by atoms with van der Waals surface area (Å²) in [5.41, 5.74) is 0. The number of rotatable bonds is 5. The van der Waals surface area contributed by atoms with Crippen LogP contribution in [0.3, 0.4) is 0 Å². The minimum atomic E-state index is -1.16. The van der Waals surface area contributed by atoms with Crippen LogP contribution in [-0.2, 0) is 23.7 Å². The second-order valence-electron chi connectivity index (χ2n) is 5.52. The van der Waals surface area contributed by atoms with E-state index in [-0.39, 0.29) is 12.4 Å². The maximum atomic E-state index is 11.7. The number of hydrogen-bond acceptors (Lipinski definition) is 7. The highest BCUT2D eigenvalue weighted by Crippen LogP contribution is 2.39. The van der Waals surface area contributed by atoms with Gasteiger partial charge >= 0.3 is 5.97 Å². The molecule has 0 bridgehead atoms. The van der Waals surface area contributed by atoms with Gasteiger partial charge in [-0.3, -0.25) is 4.79 Å². The van der Waals surface area contributed by atoms with Crippen LogP contribution in [0.4, 0.5) is 0 Å². The van der Waals surface area contributed by atoms with Gasteiger partial charge in [-0.15, -0.1) is 0 Å². The van der Waals surface area contributed by atoms with Gasteiger partial charge in [0.1, 0.15) is 12.2 Å². The van der Waals surface area contributed by atoms with Crippen LogP contribution in [0.25, 0.3) is 0 Å². The molecule has 0 aliphatic carbocycles. The molecule has 20 heavy (non-hydrogen) atoms. The molecule has 2 N–H and O–H groups in total. The van der Waals surface area contributed by atoms with Crippen molar-refractivity contribution in [3.8, 4) is 0 Å². The quantitative estimate of drug-likeness (QED) is 0.684. The van der Waals surface area contributed by atoms with E-state index in [4.69, 9.17) is 24.1 Å². The third kappa shape index (κ3) is 3.12. The minimum absolute atomic E-state index is 0.278. The smallest absolute Gasteiger partial charge is 0.306 e. The number of aliphatic hydroxyl groups is 2. The third-order valence-corrected chi connectivity index (χ3v) is 3.31. The van der Waals surface area contributed by atoms with Gasteiger partial charge in [0, 0.05) is 6.42 Å². The van der Waals surface area contributed by atoms with E-state index in [2.05, 4.69) is 0 Å². The van der Waals surface area contributed by atoms with Crippen LogP contribution in [0.15, 0.2) is 0 Å². The maximum absolute atomic E-state index is 11.7. The summed E-state index contributed by atoms with van der Waals surface area (Å²) in [6.45, 7) is 4.84. The Bertz CT molecular complexity index is 357. The molecule has 0 aromatic carbocycles. The number of carbonyl (C=O) groups is 1. The number of fused-ring (bicyclic) bond motifs is 1. The molecule has 5 atom stereocenters.